The van der Waals surface area contributed by atoms with Crippen LogP contribution in [0.1, 0.15) is 36.8 Å². The van der Waals surface area contributed by atoms with Gasteiger partial charge in [-0.15, -0.1) is 0 Å². The molecule has 0 aliphatic carbocycles. The smallest absolute Gasteiger partial charge is 0.870 e. The van der Waals surface area contributed by atoms with Gasteiger partial charge in [-0.05, 0) is 35.4 Å². The molecule has 4 rings (SSSR count). The molecule has 7 N–H and O–H groups in total. The Balaban J connectivity index is -0.000000830. The van der Waals surface area contributed by atoms with Gasteiger partial charge >= 0.3 is 296 Å². The molecule has 0 radical (unpaired) electrons. The molecule has 2 aromatic carbocycles. The molecule has 4 unspecified atom stereocenters. The van der Waals surface area contributed by atoms with Crippen LogP contribution >= 0.6 is 0 Å². The number of carboxylic acid groups (broad SMARTS) is 7. The predicted molar refractivity (Wildman–Crippen MR) is 215 cm³/mol. The van der Waals surface area contributed by atoms with Crippen molar-refractivity contribution in [3.8, 4) is 0 Å². The fourth-order valence-corrected chi connectivity index (χ4v) is 6.90. The number of carboxylic acids is 7. The van der Waals surface area contributed by atoms with Gasteiger partial charge in [-0.3, -0.25) is 0 Å². The number of rotatable bonds is 28. The van der Waals surface area contributed by atoms with Crippen LogP contribution in [0.4, 0.5) is 47.1 Å². The number of aliphatic carboxylic acids is 7. The summed E-state index contributed by atoms with van der Waals surface area (Å²) in [5.41, 5.74) is -1.65. The maximum Gasteiger partial charge on any atom is 1.00 e. The Bertz CT molecular complexity index is 3020. The minimum Gasteiger partial charge on any atom is -0.870 e. The van der Waals surface area contributed by atoms with Gasteiger partial charge in [0.25, 0.3) is 0 Å². The minimum atomic E-state index is -5.49. The molecular formula is C36H28N12Na10O22S2. The van der Waals surface area contributed by atoms with E-state index in [9.17, 15) is 100 Å². The van der Waals surface area contributed by atoms with E-state index in [1.807, 2.05) is 10.6 Å². The first-order valence-corrected chi connectivity index (χ1v) is 21.8. The second-order valence-electron chi connectivity index (χ2n) is 13.8. The van der Waals surface area contributed by atoms with Gasteiger partial charge in [0, 0.05) is 55.0 Å². The van der Waals surface area contributed by atoms with Gasteiger partial charge < -0.3 is 121 Å². The van der Waals surface area contributed by atoms with Crippen LogP contribution in [0.15, 0.2) is 46.2 Å². The molecule has 2 aromatic heterocycles. The van der Waals surface area contributed by atoms with Crippen LogP contribution in [0, 0.1) is 0 Å². The van der Waals surface area contributed by atoms with Crippen molar-refractivity contribution < 1.29 is 401 Å². The second-order valence-corrected chi connectivity index (χ2v) is 16.5. The molecule has 0 saturated heterocycles. The van der Waals surface area contributed by atoms with Crippen LogP contribution in [-0.2, 0) is 58.6 Å². The van der Waals surface area contributed by atoms with Gasteiger partial charge in [0.1, 0.15) is 26.5 Å². The number of carbonyl (C=O) groups is 8. The van der Waals surface area contributed by atoms with Crippen LogP contribution in [0.3, 0.4) is 0 Å². The zero-order valence-electron chi connectivity index (χ0n) is 45.4. The molecule has 2 heterocycles. The maximum atomic E-state index is 12.5. The molecule has 82 heavy (non-hydrogen) atoms. The normalized spacial score (nSPS) is 11.3. The molecule has 386 valence electrons. The molecule has 4 aromatic rings. The molecular weight excluding hydrogens is 1250 g/mol. The summed E-state index contributed by atoms with van der Waals surface area (Å²) in [4.78, 5) is 111. The van der Waals surface area contributed by atoms with E-state index in [0.717, 1.165) is 36.4 Å². The van der Waals surface area contributed by atoms with E-state index in [4.69, 9.17) is 0 Å². The fraction of sp³-hybridized carbons (Fsp3) is 0.222. The number of nitrogens with one attached hydrogen (secondary N) is 6. The average molecular weight is 1270 g/mol. The standard InChI is InChI=1S/C36H36N12O21S2.10Na.H2O/c49-8-7-18(27(56)57)39-33-43-31(44-34(47-33)40-19(28(58)59)11-24(50)51)37-16-5-3-14(22(9-16)70(64,65)66)1-2-15-4-6-17(10-23(15)71(67,68)69)38-32-45-35(41-20(29(60)61)12-25(52)53)48-36(46-32)42-21(30(62)63)13-26(54)55;;;;;;;;;;;/h1-6,8-10,18-21H,7,11-13H2,(H,50,51)(H,52,53)(H,54,55)(H,56,57)(H,58,59)(H,60,61)(H,62,63)(H,64,65,66)(H,67,68,69)(H3,37,39,40,43,44,47)(H3,38,41,42,45,46,48);;;;;;;;;;;1H2/q;10*+1;/p-10/b2-1+;;;;;;;;;;;. The van der Waals surface area contributed by atoms with Gasteiger partial charge in [0.05, 0.1) is 57.8 Å². The van der Waals surface area contributed by atoms with Crippen molar-refractivity contribution in [2.24, 2.45) is 0 Å². The van der Waals surface area contributed by atoms with Gasteiger partial charge in [-0.25, -0.2) is 16.8 Å². The van der Waals surface area contributed by atoms with Gasteiger partial charge in [0.15, 0.2) is 0 Å². The van der Waals surface area contributed by atoms with Crippen LogP contribution in [0.2, 0.25) is 0 Å². The van der Waals surface area contributed by atoms with E-state index >= 15 is 0 Å². The topological polar surface area (TPSA) is 592 Å². The first-order chi connectivity index (χ1) is 33.1. The van der Waals surface area contributed by atoms with Crippen molar-refractivity contribution in [1.29, 1.82) is 0 Å². The monoisotopic (exact) mass is 1270 g/mol. The van der Waals surface area contributed by atoms with Crippen LogP contribution < -0.4 is 363 Å². The van der Waals surface area contributed by atoms with E-state index in [1.165, 1.54) is 0 Å². The van der Waals surface area contributed by atoms with Crippen molar-refractivity contribution in [1.82, 2.24) is 29.9 Å². The van der Waals surface area contributed by atoms with Gasteiger partial charge in [0.2, 0.25) is 35.7 Å². The Morgan fingerprint density at radius 2 is 0.671 bits per heavy atom. The van der Waals surface area contributed by atoms with Crippen LogP contribution in [0.5, 0.6) is 0 Å². The Morgan fingerprint density at radius 3 is 0.890 bits per heavy atom. The number of hydrogen-bond donors (Lipinski definition) is 6. The number of benzene rings is 2. The molecule has 4 atom stereocenters. The Labute approximate surface area is 685 Å². The zero-order valence-corrected chi connectivity index (χ0v) is 67.0. The number of aldehydes is 1. The van der Waals surface area contributed by atoms with Gasteiger partial charge in [-0.2, -0.15) is 29.9 Å². The van der Waals surface area contributed by atoms with E-state index < -0.39 is 168 Å². The molecule has 0 bridgehead atoms. The third kappa shape index (κ3) is 34.1. The van der Waals surface area contributed by atoms with Gasteiger partial charge in [-0.1, -0.05) is 24.3 Å². The van der Waals surface area contributed by atoms with E-state index in [1.54, 1.807) is 0 Å². The Kier molecular flexibility index (Phi) is 56.4. The van der Waals surface area contributed by atoms with Crippen molar-refractivity contribution in [3.05, 3.63) is 47.5 Å². The van der Waals surface area contributed by atoms with E-state index in [2.05, 4.69) is 51.2 Å². The molecule has 0 saturated carbocycles. The number of nitrogens with zero attached hydrogens (tertiary/aromatic N) is 6. The van der Waals surface area contributed by atoms with Crippen LogP contribution in [0.25, 0.3) is 12.2 Å². The van der Waals surface area contributed by atoms with Crippen molar-refractivity contribution >= 4 is 128 Å². The molecule has 0 spiro atoms. The van der Waals surface area contributed by atoms with E-state index in [-0.39, 0.29) is 319 Å². The fourth-order valence-electron chi connectivity index (χ4n) is 5.51. The third-order valence-electron chi connectivity index (χ3n) is 8.59. The predicted octanol–water partition coefficient (Wildman–Crippen LogP) is -40.5. The molecule has 0 aliphatic heterocycles. The average Bonchev–Trinajstić information content (AvgIpc) is 3.24. The Morgan fingerprint density at radius 1 is 0.427 bits per heavy atom. The summed E-state index contributed by atoms with van der Waals surface area (Å²) in [7, 11) is -11.0. The van der Waals surface area contributed by atoms with Crippen molar-refractivity contribution in [3.63, 3.8) is 0 Å². The summed E-state index contributed by atoms with van der Waals surface area (Å²) in [6, 6.07) is -2.70. The minimum absolute atomic E-state index is 0. The third-order valence-corrected chi connectivity index (χ3v) is 10.4. The number of aromatic nitrogens is 6. The second kappa shape index (κ2) is 46.8. The summed E-state index contributed by atoms with van der Waals surface area (Å²) < 4.78 is 74.9. The quantitative estimate of drug-likeness (QED) is 0.0133. The summed E-state index contributed by atoms with van der Waals surface area (Å²) in [6.07, 6.45) is -2.48. The number of carbonyl (C=O) groups excluding carboxylic acids is 8. The molecule has 34 nitrogen and oxygen atoms in total. The summed E-state index contributed by atoms with van der Waals surface area (Å²) >= 11 is 0. The largest absolute Gasteiger partial charge is 1.00 e. The van der Waals surface area contributed by atoms with Crippen molar-refractivity contribution in [2.75, 3.05) is 31.9 Å². The zero-order chi connectivity index (χ0) is 53.0. The first kappa shape index (κ1) is 99.0. The number of hydrogen-bond acceptors (Lipinski definition) is 34. The molecule has 0 amide bonds. The Hall–Kier alpha value is 0.740. The maximum absolute atomic E-state index is 12.5. The molecule has 0 aliphatic rings. The summed E-state index contributed by atoms with van der Waals surface area (Å²) in [5, 5.41) is 92.7. The van der Waals surface area contributed by atoms with Crippen LogP contribution in [-0.4, -0.2) is 134 Å². The van der Waals surface area contributed by atoms with E-state index in [0.29, 0.717) is 12.1 Å². The number of anilines is 8. The summed E-state index contributed by atoms with van der Waals surface area (Å²) in [6.45, 7) is 0. The molecule has 46 heteroatoms. The first-order valence-electron chi connectivity index (χ1n) is 19.0. The SMILES string of the molecule is O=CCC(Nc1nc(Nc2ccc(/C=C/c3ccc(Nc4nc(NC(CC(=O)[O-])C(=O)[O-])nc(NC(CC(=O)[O-])C(=O)[O-])n4)cc3S(=O)(=O)[O-])c(S(=O)(=O)[O-])c2)nc(NC(CC(=O)[O-])C(=O)[O-])n1)C(=O)[O-].[Na+].[Na+].[Na+].[Na+].[Na+].[Na+].[Na+].[Na+].[Na+].[Na+].[OH-]. The van der Waals surface area contributed by atoms with Crippen molar-refractivity contribution in [2.45, 2.75) is 59.6 Å². The summed E-state index contributed by atoms with van der Waals surface area (Å²) in [5.74, 6) is -18.1. The molecule has 0 fully saturated rings.